The average molecular weight is 322 g/mol. The molecule has 122 valence electrons. The first kappa shape index (κ1) is 15.7. The number of aromatic nitrogens is 3. The number of H-pyrrole nitrogens is 1. The summed E-state index contributed by atoms with van der Waals surface area (Å²) in [5, 5.41) is 10.3. The van der Waals surface area contributed by atoms with Crippen molar-refractivity contribution in [3.05, 3.63) is 59.7 Å². The molecule has 0 saturated heterocycles. The van der Waals surface area contributed by atoms with Crippen LogP contribution in [-0.2, 0) is 17.6 Å². The van der Waals surface area contributed by atoms with Gasteiger partial charge in [-0.1, -0.05) is 0 Å². The van der Waals surface area contributed by atoms with E-state index in [0.29, 0.717) is 17.9 Å². The van der Waals surface area contributed by atoms with Crippen LogP contribution in [0.1, 0.15) is 17.0 Å². The molecule has 1 aromatic carbocycles. The van der Waals surface area contributed by atoms with Crippen LogP contribution in [0.25, 0.3) is 11.0 Å². The van der Waals surface area contributed by atoms with Crippen LogP contribution >= 0.6 is 0 Å². The third kappa shape index (κ3) is 3.75. The van der Waals surface area contributed by atoms with Crippen molar-refractivity contribution < 1.29 is 4.79 Å². The molecule has 0 unspecified atom stereocenters. The standard InChI is InChI=1S/C17H18N6O/c18-17(19)12-1-2-13-14(9-12)23-15(22-13)10-16(24)21-8-5-11-3-6-20-7-4-11/h1-4,6-7,9H,5,8,10H2,(H3,18,19)(H,21,24)(H,22,23). The van der Waals surface area contributed by atoms with Crippen LogP contribution in [0.2, 0.25) is 0 Å². The van der Waals surface area contributed by atoms with Crippen molar-refractivity contribution in [1.29, 1.82) is 5.41 Å². The van der Waals surface area contributed by atoms with Gasteiger partial charge in [0, 0.05) is 24.5 Å². The van der Waals surface area contributed by atoms with E-state index < -0.39 is 0 Å². The maximum atomic E-state index is 12.0. The van der Waals surface area contributed by atoms with Crippen LogP contribution < -0.4 is 11.1 Å². The number of rotatable bonds is 6. The van der Waals surface area contributed by atoms with E-state index in [2.05, 4.69) is 20.3 Å². The van der Waals surface area contributed by atoms with Crippen LogP contribution in [0.4, 0.5) is 0 Å². The molecular weight excluding hydrogens is 304 g/mol. The molecule has 0 saturated carbocycles. The van der Waals surface area contributed by atoms with Gasteiger partial charge in [0.05, 0.1) is 17.5 Å². The molecule has 2 aromatic heterocycles. The Bertz CT molecular complexity index is 871. The number of fused-ring (bicyclic) bond motifs is 1. The van der Waals surface area contributed by atoms with Gasteiger partial charge in [-0.3, -0.25) is 15.2 Å². The van der Waals surface area contributed by atoms with Crippen molar-refractivity contribution in [2.45, 2.75) is 12.8 Å². The Balaban J connectivity index is 1.58. The maximum absolute atomic E-state index is 12.0. The number of nitrogen functional groups attached to an aromatic ring is 1. The number of imidazole rings is 1. The normalized spacial score (nSPS) is 10.7. The van der Waals surface area contributed by atoms with E-state index in [4.69, 9.17) is 11.1 Å². The Labute approximate surface area is 138 Å². The van der Waals surface area contributed by atoms with Gasteiger partial charge in [0.15, 0.2) is 0 Å². The number of hydrogen-bond donors (Lipinski definition) is 4. The number of nitrogens with two attached hydrogens (primary N) is 1. The molecule has 7 heteroatoms. The SMILES string of the molecule is N=C(N)c1ccc2nc(CC(=O)NCCc3ccncc3)[nH]c2c1. The summed E-state index contributed by atoms with van der Waals surface area (Å²) in [6, 6.07) is 9.14. The maximum Gasteiger partial charge on any atom is 0.227 e. The Kier molecular flexibility index (Phi) is 4.51. The van der Waals surface area contributed by atoms with Gasteiger partial charge in [0.25, 0.3) is 0 Å². The third-order valence-electron chi connectivity index (χ3n) is 3.66. The van der Waals surface area contributed by atoms with E-state index in [1.54, 1.807) is 30.6 Å². The number of amidine groups is 1. The predicted octanol–water partition coefficient (Wildman–Crippen LogP) is 1.14. The third-order valence-corrected chi connectivity index (χ3v) is 3.66. The lowest BCUT2D eigenvalue weighted by atomic mass is 10.2. The Morgan fingerprint density at radius 3 is 2.79 bits per heavy atom. The highest BCUT2D eigenvalue weighted by atomic mass is 16.1. The summed E-state index contributed by atoms with van der Waals surface area (Å²) in [4.78, 5) is 23.5. The van der Waals surface area contributed by atoms with Gasteiger partial charge < -0.3 is 16.0 Å². The Hall–Kier alpha value is -3.22. The van der Waals surface area contributed by atoms with Crippen LogP contribution in [0.3, 0.4) is 0 Å². The highest BCUT2D eigenvalue weighted by Gasteiger charge is 2.09. The summed E-state index contributed by atoms with van der Waals surface area (Å²) < 4.78 is 0. The van der Waals surface area contributed by atoms with E-state index in [1.165, 1.54) is 0 Å². The van der Waals surface area contributed by atoms with E-state index in [0.717, 1.165) is 23.0 Å². The molecule has 0 spiro atoms. The molecule has 24 heavy (non-hydrogen) atoms. The van der Waals surface area contributed by atoms with Gasteiger partial charge in [-0.15, -0.1) is 0 Å². The van der Waals surface area contributed by atoms with Crippen LogP contribution in [-0.4, -0.2) is 33.2 Å². The minimum Gasteiger partial charge on any atom is -0.384 e. The minimum atomic E-state index is -0.0881. The molecule has 0 atom stereocenters. The van der Waals surface area contributed by atoms with Gasteiger partial charge in [-0.25, -0.2) is 4.98 Å². The van der Waals surface area contributed by atoms with E-state index >= 15 is 0 Å². The smallest absolute Gasteiger partial charge is 0.227 e. The topological polar surface area (TPSA) is 121 Å². The summed E-state index contributed by atoms with van der Waals surface area (Å²) in [5.41, 5.74) is 8.75. The zero-order valence-corrected chi connectivity index (χ0v) is 13.0. The molecule has 5 N–H and O–H groups in total. The monoisotopic (exact) mass is 322 g/mol. The van der Waals surface area contributed by atoms with E-state index in [-0.39, 0.29) is 18.2 Å². The van der Waals surface area contributed by atoms with Gasteiger partial charge in [-0.2, -0.15) is 0 Å². The number of pyridine rings is 1. The van der Waals surface area contributed by atoms with Crippen molar-refractivity contribution in [2.75, 3.05) is 6.54 Å². The predicted molar refractivity (Wildman–Crippen MR) is 91.8 cm³/mol. The first-order chi connectivity index (χ1) is 11.6. The van der Waals surface area contributed by atoms with Crippen molar-refractivity contribution >= 4 is 22.8 Å². The molecule has 0 aliphatic rings. The number of carbonyl (C=O) groups is 1. The largest absolute Gasteiger partial charge is 0.384 e. The summed E-state index contributed by atoms with van der Waals surface area (Å²) >= 11 is 0. The first-order valence-corrected chi connectivity index (χ1v) is 7.60. The molecular formula is C17H18N6O. The molecule has 2 heterocycles. The summed E-state index contributed by atoms with van der Waals surface area (Å²) in [5.74, 6) is 0.504. The first-order valence-electron chi connectivity index (χ1n) is 7.60. The van der Waals surface area contributed by atoms with Crippen molar-refractivity contribution in [3.63, 3.8) is 0 Å². The van der Waals surface area contributed by atoms with Crippen LogP contribution in [0.5, 0.6) is 0 Å². The van der Waals surface area contributed by atoms with Gasteiger partial charge in [0.1, 0.15) is 11.7 Å². The zero-order chi connectivity index (χ0) is 16.9. The molecule has 3 aromatic rings. The number of benzene rings is 1. The second kappa shape index (κ2) is 6.91. The minimum absolute atomic E-state index is 0.00176. The fourth-order valence-electron chi connectivity index (χ4n) is 2.42. The molecule has 3 rings (SSSR count). The highest BCUT2D eigenvalue weighted by molar-refractivity contribution is 5.98. The van der Waals surface area contributed by atoms with Crippen LogP contribution in [0, 0.1) is 5.41 Å². The number of amides is 1. The van der Waals surface area contributed by atoms with Gasteiger partial charge in [-0.05, 0) is 42.3 Å². The lowest BCUT2D eigenvalue weighted by Crippen LogP contribution is -2.27. The lowest BCUT2D eigenvalue weighted by molar-refractivity contribution is -0.120. The van der Waals surface area contributed by atoms with Crippen molar-refractivity contribution in [2.24, 2.45) is 5.73 Å². The quantitative estimate of drug-likeness (QED) is 0.402. The number of nitrogens with zero attached hydrogens (tertiary/aromatic N) is 2. The molecule has 0 radical (unpaired) electrons. The fraction of sp³-hybridized carbons (Fsp3) is 0.176. The number of carbonyl (C=O) groups excluding carboxylic acids is 1. The highest BCUT2D eigenvalue weighted by Crippen LogP contribution is 2.14. The Morgan fingerprint density at radius 1 is 1.25 bits per heavy atom. The summed E-state index contributed by atoms with van der Waals surface area (Å²) in [7, 11) is 0. The van der Waals surface area contributed by atoms with Crippen molar-refractivity contribution in [1.82, 2.24) is 20.3 Å². The van der Waals surface area contributed by atoms with Crippen LogP contribution in [0.15, 0.2) is 42.7 Å². The fourth-order valence-corrected chi connectivity index (χ4v) is 2.42. The zero-order valence-electron chi connectivity index (χ0n) is 13.0. The molecule has 1 amide bonds. The summed E-state index contributed by atoms with van der Waals surface area (Å²) in [6.45, 7) is 0.567. The molecule has 0 fully saturated rings. The average Bonchev–Trinajstić information content (AvgIpc) is 2.96. The summed E-state index contributed by atoms with van der Waals surface area (Å²) in [6.07, 6.45) is 4.42. The number of hydrogen-bond acceptors (Lipinski definition) is 4. The molecule has 0 bridgehead atoms. The number of nitrogens with one attached hydrogen (secondary N) is 3. The van der Waals surface area contributed by atoms with Gasteiger partial charge >= 0.3 is 0 Å². The number of aromatic amines is 1. The lowest BCUT2D eigenvalue weighted by Gasteiger charge is -2.03. The second-order valence-electron chi connectivity index (χ2n) is 5.46. The second-order valence-corrected chi connectivity index (χ2v) is 5.46. The van der Waals surface area contributed by atoms with E-state index in [1.807, 2.05) is 12.1 Å². The molecule has 7 nitrogen and oxygen atoms in total. The van der Waals surface area contributed by atoms with Gasteiger partial charge in [0.2, 0.25) is 5.91 Å². The van der Waals surface area contributed by atoms with Crippen molar-refractivity contribution in [3.8, 4) is 0 Å². The molecule has 0 aliphatic heterocycles. The molecule has 0 aliphatic carbocycles. The van der Waals surface area contributed by atoms with E-state index in [9.17, 15) is 4.79 Å². The Morgan fingerprint density at radius 2 is 2.04 bits per heavy atom.